The van der Waals surface area contributed by atoms with E-state index in [1.807, 2.05) is 0 Å². The zero-order valence-electron chi connectivity index (χ0n) is 30.9. The van der Waals surface area contributed by atoms with Gasteiger partial charge in [0.05, 0.1) is 48.8 Å². The summed E-state index contributed by atoms with van der Waals surface area (Å²) >= 11 is 5.66. The molecule has 6 rings (SSSR count). The van der Waals surface area contributed by atoms with Gasteiger partial charge in [0.25, 0.3) is 0 Å². The van der Waals surface area contributed by atoms with Gasteiger partial charge in [-0.1, -0.05) is 35.9 Å². The lowest BCUT2D eigenvalue weighted by Crippen LogP contribution is -2.52. The highest BCUT2D eigenvalue weighted by Gasteiger charge is 2.38. The molecule has 4 aromatic carbocycles. The third-order valence-corrected chi connectivity index (χ3v) is 12.7. The van der Waals surface area contributed by atoms with Gasteiger partial charge in [-0.25, -0.2) is 36.4 Å². The summed E-state index contributed by atoms with van der Waals surface area (Å²) in [5, 5.41) is 6.43. The van der Waals surface area contributed by atoms with Crippen LogP contribution in [0.2, 0.25) is 5.02 Å². The molecule has 12 nitrogen and oxygen atoms in total. The summed E-state index contributed by atoms with van der Waals surface area (Å²) < 4.78 is 135. The lowest BCUT2D eigenvalue weighted by atomic mass is 10.2. The summed E-state index contributed by atoms with van der Waals surface area (Å²) in [5.41, 5.74) is -1.81. The smallest absolute Gasteiger partial charge is 0.306 e. The molecule has 2 N–H and O–H groups in total. The van der Waals surface area contributed by atoms with Gasteiger partial charge in [-0.3, -0.25) is 9.97 Å². The Morgan fingerprint density at radius 2 is 1.00 bits per heavy atom. The van der Waals surface area contributed by atoms with Gasteiger partial charge in [-0.15, -0.1) is 0 Å². The fourth-order valence-electron chi connectivity index (χ4n) is 5.76. The van der Waals surface area contributed by atoms with Crippen molar-refractivity contribution in [1.29, 1.82) is 0 Å². The number of alkyl halides is 6. The van der Waals surface area contributed by atoms with Crippen LogP contribution >= 0.6 is 11.6 Å². The van der Waals surface area contributed by atoms with E-state index in [4.69, 9.17) is 11.6 Å². The summed E-state index contributed by atoms with van der Waals surface area (Å²) in [6, 6.07) is 19.2. The van der Waals surface area contributed by atoms with Crippen LogP contribution in [0.4, 0.5) is 47.3 Å². The van der Waals surface area contributed by atoms with E-state index in [1.54, 1.807) is 24.3 Å². The zero-order chi connectivity index (χ0) is 44.2. The number of sulfone groups is 2. The summed E-state index contributed by atoms with van der Waals surface area (Å²) in [6.45, 7) is -0.569. The first kappa shape index (κ1) is 44.1. The van der Waals surface area contributed by atoms with E-state index >= 15 is 0 Å². The van der Waals surface area contributed by atoms with Gasteiger partial charge in [0.15, 0.2) is 0 Å². The van der Waals surface area contributed by atoms with E-state index in [0.29, 0.717) is 23.3 Å². The molecular weight excluding hydrogens is 874 g/mol. The van der Waals surface area contributed by atoms with Crippen LogP contribution < -0.4 is 10.6 Å². The van der Waals surface area contributed by atoms with Crippen LogP contribution in [0, 0.1) is 0 Å². The van der Waals surface area contributed by atoms with Crippen LogP contribution in [0.15, 0.2) is 160 Å². The molecule has 2 aromatic heterocycles. The van der Waals surface area contributed by atoms with E-state index in [0.717, 1.165) is 76.7 Å². The van der Waals surface area contributed by atoms with Crippen LogP contribution in [0.1, 0.15) is 22.3 Å². The zero-order valence-corrected chi connectivity index (χ0v) is 33.3. The van der Waals surface area contributed by atoms with Gasteiger partial charge in [0.2, 0.25) is 19.7 Å². The first-order valence-corrected chi connectivity index (χ1v) is 20.8. The van der Waals surface area contributed by atoms with Gasteiger partial charge < -0.3 is 10.6 Å². The molecule has 0 spiro atoms. The molecule has 0 aliphatic heterocycles. The van der Waals surface area contributed by atoms with Crippen LogP contribution in [0.3, 0.4) is 0 Å². The molecule has 0 aliphatic carbocycles. The van der Waals surface area contributed by atoms with Crippen molar-refractivity contribution in [2.24, 2.45) is 0 Å². The molecule has 21 heteroatoms. The van der Waals surface area contributed by atoms with Gasteiger partial charge in [-0.2, -0.15) is 26.3 Å². The van der Waals surface area contributed by atoms with E-state index < -0.39 is 79.8 Å². The van der Waals surface area contributed by atoms with E-state index in [2.05, 4.69) is 20.6 Å². The van der Waals surface area contributed by atoms with E-state index in [9.17, 15) is 52.8 Å². The van der Waals surface area contributed by atoms with Gasteiger partial charge >= 0.3 is 24.4 Å². The fourth-order valence-corrected chi connectivity index (χ4v) is 8.75. The summed E-state index contributed by atoms with van der Waals surface area (Å²) in [4.78, 5) is 33.8. The Morgan fingerprint density at radius 3 is 1.44 bits per heavy atom. The number of rotatable bonds is 10. The van der Waals surface area contributed by atoms with Crippen molar-refractivity contribution in [1.82, 2.24) is 20.0 Å². The molecule has 61 heavy (non-hydrogen) atoms. The van der Waals surface area contributed by atoms with Crippen molar-refractivity contribution >= 4 is 54.7 Å². The lowest BCUT2D eigenvalue weighted by molar-refractivity contribution is -0.140. The number of halogens is 7. The first-order valence-electron chi connectivity index (χ1n) is 17.4. The van der Waals surface area contributed by atoms with E-state index in [-0.39, 0.29) is 24.5 Å². The number of nitrogens with one attached hydrogen (secondary N) is 2. The molecule has 4 amide bonds. The number of carbonyl (C=O) groups excluding carboxylic acids is 2. The second-order valence-corrected chi connectivity index (χ2v) is 17.2. The fraction of sp³-hybridized carbons (Fsp3) is 0.100. The number of urea groups is 2. The average molecular weight is 903 g/mol. The number of benzene rings is 4. The molecular formula is C40H29ClF6N6O6S2. The number of hydrogen-bond donors (Lipinski definition) is 2. The van der Waals surface area contributed by atoms with Crippen molar-refractivity contribution in [2.45, 2.75) is 45.0 Å². The molecule has 316 valence electrons. The van der Waals surface area contributed by atoms with Gasteiger partial charge in [-0.05, 0) is 102 Å². The molecule has 0 bridgehead atoms. The van der Waals surface area contributed by atoms with Crippen LogP contribution in [0.25, 0.3) is 0 Å². The van der Waals surface area contributed by atoms with Gasteiger partial charge in [0.1, 0.15) is 0 Å². The molecule has 6 aromatic rings. The normalized spacial score (nSPS) is 12.0. The van der Waals surface area contributed by atoms with Crippen molar-refractivity contribution in [3.63, 3.8) is 0 Å². The second kappa shape index (κ2) is 17.6. The van der Waals surface area contributed by atoms with Crippen molar-refractivity contribution < 1.29 is 52.8 Å². The molecule has 0 saturated heterocycles. The number of carbonyl (C=O) groups is 2. The summed E-state index contributed by atoms with van der Waals surface area (Å²) in [6.07, 6.45) is -4.08. The maximum atomic E-state index is 14.1. The molecule has 2 heterocycles. The number of pyridine rings is 2. The van der Waals surface area contributed by atoms with E-state index in [1.165, 1.54) is 36.9 Å². The molecule has 0 unspecified atom stereocenters. The number of nitrogens with zero attached hydrogens (tertiary/aromatic N) is 4. The molecule has 0 radical (unpaired) electrons. The molecule has 0 atom stereocenters. The molecule has 0 aliphatic rings. The van der Waals surface area contributed by atoms with Crippen molar-refractivity contribution in [3.05, 3.63) is 167 Å². The molecule has 0 saturated carbocycles. The largest absolute Gasteiger partial charge is 0.417 e. The van der Waals surface area contributed by atoms with Crippen LogP contribution in [-0.2, 0) is 45.1 Å². The Bertz CT molecular complexity index is 2770. The third-order valence-electron chi connectivity index (χ3n) is 8.74. The number of anilines is 2. The topological polar surface area (TPSA) is 159 Å². The number of aromatic nitrogens is 2. The number of hydrogen-bond acceptors (Lipinski definition) is 8. The monoisotopic (exact) mass is 902 g/mol. The summed E-state index contributed by atoms with van der Waals surface area (Å²) in [5.74, 6) is 0. The maximum absolute atomic E-state index is 14.1. The Hall–Kier alpha value is -6.51. The Morgan fingerprint density at radius 1 is 0.557 bits per heavy atom. The first-order chi connectivity index (χ1) is 28.7. The number of amides is 4. The maximum Gasteiger partial charge on any atom is 0.417 e. The Balaban J connectivity index is 1.29. The quantitative estimate of drug-likeness (QED) is 0.102. The second-order valence-electron chi connectivity index (χ2n) is 12.9. The van der Waals surface area contributed by atoms with Crippen molar-refractivity contribution in [3.8, 4) is 0 Å². The lowest BCUT2D eigenvalue weighted by Gasteiger charge is -2.35. The third kappa shape index (κ3) is 10.3. The van der Waals surface area contributed by atoms with Gasteiger partial charge in [0, 0.05) is 36.2 Å². The summed E-state index contributed by atoms with van der Waals surface area (Å²) in [7, 11) is -9.17. The van der Waals surface area contributed by atoms with Crippen LogP contribution in [-0.4, -0.2) is 48.9 Å². The highest BCUT2D eigenvalue weighted by molar-refractivity contribution is 7.91. The minimum absolute atomic E-state index is 0.00850. The van der Waals surface area contributed by atoms with Crippen molar-refractivity contribution in [2.75, 3.05) is 10.6 Å². The minimum atomic E-state index is -4.96. The minimum Gasteiger partial charge on any atom is -0.306 e. The van der Waals surface area contributed by atoms with Crippen LogP contribution in [0.5, 0.6) is 0 Å². The standard InChI is InChI=1S/C40H29ClF6N6O6S2/c41-35-18-17-32(21-34(35)40(45,46)47)60(56,57)30-13-9-28(10-14-30)50-37(54)52(24-26-5-3-19-48-22-26)53(25-27-6-4-20-49-23-27)38(55)51-29-11-15-31(16-12-29)61(58,59)36-8-2-1-7-33(36)39(42,43)44/h1-23H,24-25H2,(H,50,54)(H,51,55). The average Bonchev–Trinajstić information content (AvgIpc) is 3.22. The Kier molecular flexibility index (Phi) is 12.7. The predicted molar refractivity (Wildman–Crippen MR) is 209 cm³/mol. The number of hydrazine groups is 1. The SMILES string of the molecule is O=C(Nc1ccc(S(=O)(=O)c2ccc(Cl)c(C(F)(F)F)c2)cc1)N(Cc1cccnc1)N(Cc1cccnc1)C(=O)Nc1ccc(S(=O)(=O)c2ccccc2C(F)(F)F)cc1. The molecule has 0 fully saturated rings. The Labute approximate surface area is 349 Å². The predicted octanol–water partition coefficient (Wildman–Crippen LogP) is 9.52. The highest BCUT2D eigenvalue weighted by Crippen LogP contribution is 2.38. The highest BCUT2D eigenvalue weighted by atomic mass is 35.5.